The van der Waals surface area contributed by atoms with Gasteiger partial charge in [0.05, 0.1) is 7.11 Å². The molecule has 0 radical (unpaired) electrons. The molecule has 1 heteroatoms. The van der Waals surface area contributed by atoms with Gasteiger partial charge in [0.25, 0.3) is 0 Å². The molecular weight excluding hydrogens is 436 g/mol. The second kappa shape index (κ2) is 12.6. The highest BCUT2D eigenvalue weighted by molar-refractivity contribution is 5.44. The Morgan fingerprint density at radius 1 is 0.500 bits per heavy atom. The van der Waals surface area contributed by atoms with Crippen LogP contribution in [0.1, 0.15) is 101 Å². The summed E-state index contributed by atoms with van der Waals surface area (Å²) in [6.45, 7) is 28.6. The van der Waals surface area contributed by atoms with Gasteiger partial charge < -0.3 is 4.74 Å². The molecule has 0 N–H and O–H groups in total. The van der Waals surface area contributed by atoms with Crippen LogP contribution in [-0.4, -0.2) is 7.11 Å². The van der Waals surface area contributed by atoms with E-state index in [1.807, 2.05) is 0 Å². The van der Waals surface area contributed by atoms with Crippen LogP contribution in [0.5, 0.6) is 5.75 Å². The van der Waals surface area contributed by atoms with Crippen molar-refractivity contribution in [1.29, 1.82) is 0 Å². The van der Waals surface area contributed by atoms with E-state index < -0.39 is 0 Å². The van der Waals surface area contributed by atoms with Crippen LogP contribution >= 0.6 is 0 Å². The van der Waals surface area contributed by atoms with E-state index in [9.17, 15) is 0 Å². The predicted molar refractivity (Wildman–Crippen MR) is 161 cm³/mol. The van der Waals surface area contributed by atoms with Gasteiger partial charge in [-0.05, 0) is 77.3 Å². The Kier molecular flexibility index (Phi) is 11.0. The Morgan fingerprint density at radius 3 is 1.42 bits per heavy atom. The lowest BCUT2D eigenvalue weighted by Crippen LogP contribution is -2.13. The third kappa shape index (κ3) is 9.84. The molecule has 0 amide bonds. The average Bonchev–Trinajstić information content (AvgIpc) is 2.74. The molecule has 36 heavy (non-hydrogen) atoms. The van der Waals surface area contributed by atoms with Crippen molar-refractivity contribution in [1.82, 2.24) is 0 Å². The average molecular weight is 489 g/mol. The first-order valence-corrected chi connectivity index (χ1v) is 13.2. The Labute approximate surface area is 223 Å². The molecule has 3 aromatic rings. The van der Waals surface area contributed by atoms with Crippen molar-refractivity contribution in [3.8, 4) is 5.75 Å². The Morgan fingerprint density at radius 2 is 1.03 bits per heavy atom. The van der Waals surface area contributed by atoms with Gasteiger partial charge in [0.15, 0.2) is 0 Å². The molecule has 0 heterocycles. The molecule has 0 saturated heterocycles. The SMILES string of the molecule is COc1c(C)cccc1C(C)(C)C.Cc1ccc(C(C)(C)C)cc1C.Cc1cccc(C(C)(C)C)c1. The van der Waals surface area contributed by atoms with Crippen molar-refractivity contribution in [3.05, 3.63) is 99.6 Å². The maximum absolute atomic E-state index is 5.40. The van der Waals surface area contributed by atoms with Crippen molar-refractivity contribution in [3.63, 3.8) is 0 Å². The topological polar surface area (TPSA) is 9.23 Å². The summed E-state index contributed by atoms with van der Waals surface area (Å²) in [6.07, 6.45) is 0. The summed E-state index contributed by atoms with van der Waals surface area (Å²) in [6, 6.07) is 21.7. The molecule has 0 aliphatic rings. The zero-order valence-electron chi connectivity index (χ0n) is 25.7. The molecule has 0 aliphatic carbocycles. The van der Waals surface area contributed by atoms with Gasteiger partial charge in [0.2, 0.25) is 0 Å². The van der Waals surface area contributed by atoms with Gasteiger partial charge >= 0.3 is 0 Å². The highest BCUT2D eigenvalue weighted by Gasteiger charge is 2.19. The van der Waals surface area contributed by atoms with Gasteiger partial charge in [0, 0.05) is 0 Å². The fraction of sp³-hybridized carbons (Fsp3) is 0.486. The monoisotopic (exact) mass is 488 g/mol. The summed E-state index contributed by atoms with van der Waals surface area (Å²) in [4.78, 5) is 0. The number of hydrogen-bond donors (Lipinski definition) is 0. The van der Waals surface area contributed by atoms with Crippen LogP contribution in [0.4, 0.5) is 0 Å². The van der Waals surface area contributed by atoms with E-state index in [2.05, 4.69) is 151 Å². The van der Waals surface area contributed by atoms with E-state index in [0.717, 1.165) is 5.75 Å². The van der Waals surface area contributed by atoms with Gasteiger partial charge in [-0.2, -0.15) is 0 Å². The van der Waals surface area contributed by atoms with Gasteiger partial charge in [0.1, 0.15) is 5.75 Å². The largest absolute Gasteiger partial charge is 0.496 e. The quantitative estimate of drug-likeness (QED) is 0.331. The lowest BCUT2D eigenvalue weighted by Gasteiger charge is -2.23. The number of rotatable bonds is 1. The van der Waals surface area contributed by atoms with Crippen molar-refractivity contribution < 1.29 is 4.74 Å². The molecule has 0 unspecified atom stereocenters. The highest BCUT2D eigenvalue weighted by Crippen LogP contribution is 2.33. The first kappa shape index (κ1) is 31.5. The highest BCUT2D eigenvalue weighted by atomic mass is 16.5. The van der Waals surface area contributed by atoms with Crippen LogP contribution in [0.3, 0.4) is 0 Å². The summed E-state index contributed by atoms with van der Waals surface area (Å²) >= 11 is 0. The molecule has 1 nitrogen and oxygen atoms in total. The van der Waals surface area contributed by atoms with Crippen LogP contribution < -0.4 is 4.74 Å². The fourth-order valence-corrected chi connectivity index (χ4v) is 3.83. The van der Waals surface area contributed by atoms with Gasteiger partial charge in [-0.25, -0.2) is 0 Å². The Bertz CT molecular complexity index is 1100. The molecule has 0 aromatic heterocycles. The van der Waals surface area contributed by atoms with E-state index in [1.54, 1.807) is 7.11 Å². The molecule has 0 bridgehead atoms. The lowest BCUT2D eigenvalue weighted by molar-refractivity contribution is 0.394. The van der Waals surface area contributed by atoms with E-state index in [4.69, 9.17) is 4.74 Å². The minimum absolute atomic E-state index is 0.150. The number of benzene rings is 3. The first-order valence-electron chi connectivity index (χ1n) is 13.2. The number of aryl methyl sites for hydroxylation is 4. The normalized spacial score (nSPS) is 11.6. The summed E-state index contributed by atoms with van der Waals surface area (Å²) in [7, 11) is 1.73. The zero-order chi connectivity index (χ0) is 27.9. The van der Waals surface area contributed by atoms with Crippen LogP contribution in [0.25, 0.3) is 0 Å². The van der Waals surface area contributed by atoms with Gasteiger partial charge in [-0.3, -0.25) is 0 Å². The van der Waals surface area contributed by atoms with Crippen molar-refractivity contribution in [2.75, 3.05) is 7.11 Å². The number of methoxy groups -OCH3 is 1. The summed E-state index contributed by atoms with van der Waals surface area (Å²) < 4.78 is 5.40. The molecular formula is C35H52O. The minimum Gasteiger partial charge on any atom is -0.496 e. The molecule has 0 aliphatic heterocycles. The van der Waals surface area contributed by atoms with Crippen molar-refractivity contribution in [2.45, 2.75) is 106 Å². The Hall–Kier alpha value is -2.54. The number of hydrogen-bond acceptors (Lipinski definition) is 1. The van der Waals surface area contributed by atoms with E-state index in [1.165, 1.54) is 38.9 Å². The molecule has 0 atom stereocenters. The third-order valence-electron chi connectivity index (χ3n) is 6.48. The first-order chi connectivity index (χ1) is 16.4. The van der Waals surface area contributed by atoms with Crippen LogP contribution in [0.2, 0.25) is 0 Å². The van der Waals surface area contributed by atoms with E-state index >= 15 is 0 Å². The predicted octanol–water partition coefficient (Wildman–Crippen LogP) is 10.2. The van der Waals surface area contributed by atoms with Crippen LogP contribution in [0.15, 0.2) is 60.7 Å². The molecule has 0 spiro atoms. The molecule has 198 valence electrons. The molecule has 0 saturated carbocycles. The van der Waals surface area contributed by atoms with Gasteiger partial charge in [-0.15, -0.1) is 0 Å². The van der Waals surface area contributed by atoms with Crippen LogP contribution in [-0.2, 0) is 16.2 Å². The fourth-order valence-electron chi connectivity index (χ4n) is 3.83. The smallest absolute Gasteiger partial charge is 0.125 e. The Balaban J connectivity index is 0.000000271. The lowest BCUT2D eigenvalue weighted by atomic mass is 9.85. The third-order valence-corrected chi connectivity index (χ3v) is 6.48. The zero-order valence-corrected chi connectivity index (χ0v) is 25.7. The molecule has 3 rings (SSSR count). The molecule has 3 aromatic carbocycles. The minimum atomic E-state index is 0.150. The van der Waals surface area contributed by atoms with Gasteiger partial charge in [-0.1, -0.05) is 129 Å². The van der Waals surface area contributed by atoms with Crippen molar-refractivity contribution >= 4 is 0 Å². The van der Waals surface area contributed by atoms with Crippen LogP contribution in [0, 0.1) is 27.7 Å². The standard InChI is InChI=1S/C12H18O.C12H18.C11H16/c1-9-7-6-8-10(11(9)13-5)12(2,3)4;1-9-6-7-11(8-10(9)2)12(3,4)5;1-9-6-5-7-10(8-9)11(2,3)4/h6-8H,1-5H3;6-8H,1-5H3;5-8H,1-4H3. The van der Waals surface area contributed by atoms with Crippen molar-refractivity contribution in [2.24, 2.45) is 0 Å². The van der Waals surface area contributed by atoms with E-state index in [0.29, 0.717) is 0 Å². The second-order valence-electron chi connectivity index (χ2n) is 13.1. The van der Waals surface area contributed by atoms with E-state index in [-0.39, 0.29) is 16.2 Å². The second-order valence-corrected chi connectivity index (χ2v) is 13.1. The summed E-state index contributed by atoms with van der Waals surface area (Å²) in [5.74, 6) is 1.02. The number of ether oxygens (including phenoxy) is 1. The number of para-hydroxylation sites is 1. The maximum Gasteiger partial charge on any atom is 0.125 e. The summed E-state index contributed by atoms with van der Waals surface area (Å²) in [5, 5.41) is 0. The maximum atomic E-state index is 5.40. The summed E-state index contributed by atoms with van der Waals surface area (Å²) in [5.41, 5.74) is 10.1. The molecule has 0 fully saturated rings.